The number of nitrogens with one attached hydrogen (secondary N) is 1. The summed E-state index contributed by atoms with van der Waals surface area (Å²) in [5.41, 5.74) is 0.818. The monoisotopic (exact) mass is 358 g/mol. The van der Waals surface area contributed by atoms with Crippen LogP contribution in [0.4, 0.5) is 10.1 Å². The van der Waals surface area contributed by atoms with Gasteiger partial charge in [-0.3, -0.25) is 19.3 Å². The molecule has 25 heavy (non-hydrogen) atoms. The van der Waals surface area contributed by atoms with Crippen molar-refractivity contribution in [3.05, 3.63) is 76.6 Å². The number of hydrogen-bond donors (Lipinski definition) is 1. The topological polar surface area (TPSA) is 66.5 Å². The van der Waals surface area contributed by atoms with E-state index in [0.29, 0.717) is 0 Å². The molecular formula is C18H12ClFN2O3. The molecule has 1 aliphatic heterocycles. The normalized spacial score (nSPS) is 13.0. The van der Waals surface area contributed by atoms with E-state index in [1.165, 1.54) is 36.4 Å². The second kappa shape index (κ2) is 6.49. The average molecular weight is 359 g/mol. The molecule has 1 aliphatic rings. The van der Waals surface area contributed by atoms with Gasteiger partial charge in [-0.2, -0.15) is 0 Å². The van der Waals surface area contributed by atoms with Crippen molar-refractivity contribution in [2.75, 3.05) is 11.9 Å². The van der Waals surface area contributed by atoms with E-state index < -0.39 is 23.5 Å². The molecule has 0 spiro atoms. The number of imide groups is 1. The number of halogens is 2. The van der Waals surface area contributed by atoms with Crippen LogP contribution in [0.3, 0.4) is 0 Å². The lowest BCUT2D eigenvalue weighted by molar-refractivity contribution is 0.0672. The molecule has 0 fully saturated rings. The molecule has 0 aromatic heterocycles. The number of nitrogens with zero attached hydrogens (tertiary/aromatic N) is 1. The van der Waals surface area contributed by atoms with Crippen LogP contribution in [-0.2, 0) is 0 Å². The number of anilines is 1. The van der Waals surface area contributed by atoms with E-state index in [4.69, 9.17) is 11.6 Å². The second-order valence-electron chi connectivity index (χ2n) is 5.35. The Morgan fingerprint density at radius 1 is 1.16 bits per heavy atom. The standard InChI is InChI=1S/C18H12ClFN2O3/c1-2-7-22-17(24)12-5-3-10(8-13(12)18(22)25)16(23)21-15-6-4-11(20)9-14(15)19/h2-6,8-9H,1,7H2,(H,21,23). The van der Waals surface area contributed by atoms with Crippen LogP contribution in [0.5, 0.6) is 0 Å². The zero-order valence-electron chi connectivity index (χ0n) is 12.9. The molecule has 1 N–H and O–H groups in total. The highest BCUT2D eigenvalue weighted by Gasteiger charge is 2.35. The zero-order valence-corrected chi connectivity index (χ0v) is 13.6. The highest BCUT2D eigenvalue weighted by Crippen LogP contribution is 2.26. The smallest absolute Gasteiger partial charge is 0.261 e. The van der Waals surface area contributed by atoms with Crippen molar-refractivity contribution >= 4 is 35.0 Å². The minimum atomic E-state index is -0.529. The Hall–Kier alpha value is -2.99. The maximum absolute atomic E-state index is 13.1. The third kappa shape index (κ3) is 3.04. The predicted molar refractivity (Wildman–Crippen MR) is 91.4 cm³/mol. The lowest BCUT2D eigenvalue weighted by Crippen LogP contribution is -2.29. The Kier molecular flexibility index (Phi) is 4.37. The number of rotatable bonds is 4. The summed E-state index contributed by atoms with van der Waals surface area (Å²) in [6, 6.07) is 7.80. The summed E-state index contributed by atoms with van der Waals surface area (Å²) in [6.07, 6.45) is 1.45. The number of benzene rings is 2. The lowest BCUT2D eigenvalue weighted by atomic mass is 10.1. The molecule has 2 aromatic rings. The van der Waals surface area contributed by atoms with Gasteiger partial charge in [-0.1, -0.05) is 17.7 Å². The van der Waals surface area contributed by atoms with E-state index in [2.05, 4.69) is 11.9 Å². The van der Waals surface area contributed by atoms with E-state index in [9.17, 15) is 18.8 Å². The van der Waals surface area contributed by atoms with Crippen LogP contribution in [0, 0.1) is 5.82 Å². The maximum atomic E-state index is 13.1. The summed E-state index contributed by atoms with van der Waals surface area (Å²) in [4.78, 5) is 37.8. The summed E-state index contributed by atoms with van der Waals surface area (Å²) in [5.74, 6) is -1.95. The van der Waals surface area contributed by atoms with Crippen molar-refractivity contribution in [3.63, 3.8) is 0 Å². The molecule has 0 aliphatic carbocycles. The lowest BCUT2D eigenvalue weighted by Gasteiger charge is -2.09. The van der Waals surface area contributed by atoms with Crippen LogP contribution >= 0.6 is 11.6 Å². The molecule has 3 amide bonds. The predicted octanol–water partition coefficient (Wildman–Crippen LogP) is 3.51. The van der Waals surface area contributed by atoms with Gasteiger partial charge in [0.05, 0.1) is 21.8 Å². The minimum Gasteiger partial charge on any atom is -0.321 e. The molecule has 0 atom stereocenters. The Morgan fingerprint density at radius 2 is 1.88 bits per heavy atom. The fraction of sp³-hybridized carbons (Fsp3) is 0.0556. The molecule has 0 radical (unpaired) electrons. The SMILES string of the molecule is C=CCN1C(=O)c2ccc(C(=O)Nc3ccc(F)cc3Cl)cc2C1=O. The van der Waals surface area contributed by atoms with Crippen LogP contribution in [0.2, 0.25) is 5.02 Å². The number of fused-ring (bicyclic) bond motifs is 1. The van der Waals surface area contributed by atoms with Gasteiger partial charge in [0.25, 0.3) is 17.7 Å². The molecular weight excluding hydrogens is 347 g/mol. The first-order valence-corrected chi connectivity index (χ1v) is 7.67. The largest absolute Gasteiger partial charge is 0.321 e. The van der Waals surface area contributed by atoms with Gasteiger partial charge in [-0.15, -0.1) is 6.58 Å². The van der Waals surface area contributed by atoms with Gasteiger partial charge in [-0.05, 0) is 36.4 Å². The van der Waals surface area contributed by atoms with Gasteiger partial charge in [0.2, 0.25) is 0 Å². The van der Waals surface area contributed by atoms with Crippen molar-refractivity contribution in [1.82, 2.24) is 4.90 Å². The molecule has 0 saturated carbocycles. The maximum Gasteiger partial charge on any atom is 0.261 e. The van der Waals surface area contributed by atoms with Crippen molar-refractivity contribution in [1.29, 1.82) is 0 Å². The molecule has 7 heteroatoms. The summed E-state index contributed by atoms with van der Waals surface area (Å²) >= 11 is 5.88. The number of hydrogen-bond acceptors (Lipinski definition) is 3. The minimum absolute atomic E-state index is 0.0536. The van der Waals surface area contributed by atoms with Gasteiger partial charge in [0.15, 0.2) is 0 Å². The Bertz CT molecular complexity index is 927. The number of carbonyl (C=O) groups is 3. The molecule has 0 saturated heterocycles. The van der Waals surface area contributed by atoms with Crippen molar-refractivity contribution in [2.45, 2.75) is 0 Å². The summed E-state index contributed by atoms with van der Waals surface area (Å²) in [5, 5.41) is 2.60. The molecule has 3 rings (SSSR count). The quantitative estimate of drug-likeness (QED) is 0.671. The van der Waals surface area contributed by atoms with Gasteiger partial charge in [0.1, 0.15) is 5.82 Å². The summed E-state index contributed by atoms with van der Waals surface area (Å²) in [7, 11) is 0. The zero-order chi connectivity index (χ0) is 18.1. The van der Waals surface area contributed by atoms with Crippen molar-refractivity contribution < 1.29 is 18.8 Å². The fourth-order valence-corrected chi connectivity index (χ4v) is 2.73. The third-order valence-corrected chi connectivity index (χ3v) is 4.04. The van der Waals surface area contributed by atoms with Gasteiger partial charge in [0, 0.05) is 12.1 Å². The molecule has 126 valence electrons. The Labute approximate surface area is 147 Å². The third-order valence-electron chi connectivity index (χ3n) is 3.72. The number of amides is 3. The summed E-state index contributed by atoms with van der Waals surface area (Å²) in [6.45, 7) is 3.61. The molecule has 0 bridgehead atoms. The molecule has 1 heterocycles. The first-order valence-electron chi connectivity index (χ1n) is 7.30. The fourth-order valence-electron chi connectivity index (χ4n) is 2.51. The second-order valence-corrected chi connectivity index (χ2v) is 5.76. The summed E-state index contributed by atoms with van der Waals surface area (Å²) < 4.78 is 13.1. The van der Waals surface area contributed by atoms with Crippen LogP contribution < -0.4 is 5.32 Å². The number of carbonyl (C=O) groups excluding carboxylic acids is 3. The van der Waals surface area contributed by atoms with Gasteiger partial charge in [-0.25, -0.2) is 4.39 Å². The van der Waals surface area contributed by atoms with E-state index in [1.807, 2.05) is 0 Å². The van der Waals surface area contributed by atoms with Crippen LogP contribution in [0.25, 0.3) is 0 Å². The van der Waals surface area contributed by atoms with Crippen molar-refractivity contribution in [2.24, 2.45) is 0 Å². The van der Waals surface area contributed by atoms with E-state index >= 15 is 0 Å². The average Bonchev–Trinajstić information content (AvgIpc) is 2.82. The molecule has 0 unspecified atom stereocenters. The van der Waals surface area contributed by atoms with Crippen molar-refractivity contribution in [3.8, 4) is 0 Å². The molecule has 2 aromatic carbocycles. The van der Waals surface area contributed by atoms with Gasteiger partial charge < -0.3 is 5.32 Å². The van der Waals surface area contributed by atoms with E-state index in [0.717, 1.165) is 11.0 Å². The van der Waals surface area contributed by atoms with Crippen LogP contribution in [-0.4, -0.2) is 29.2 Å². The highest BCUT2D eigenvalue weighted by molar-refractivity contribution is 6.34. The first-order chi connectivity index (χ1) is 11.9. The van der Waals surface area contributed by atoms with Crippen LogP contribution in [0.1, 0.15) is 31.1 Å². The highest BCUT2D eigenvalue weighted by atomic mass is 35.5. The van der Waals surface area contributed by atoms with E-state index in [-0.39, 0.29) is 33.9 Å². The van der Waals surface area contributed by atoms with Crippen LogP contribution in [0.15, 0.2) is 49.1 Å². The van der Waals surface area contributed by atoms with Gasteiger partial charge >= 0.3 is 0 Å². The first kappa shape index (κ1) is 16.9. The molecule has 5 nitrogen and oxygen atoms in total. The Balaban J connectivity index is 1.88. The van der Waals surface area contributed by atoms with E-state index in [1.54, 1.807) is 0 Å². The Morgan fingerprint density at radius 3 is 2.56 bits per heavy atom.